The van der Waals surface area contributed by atoms with Crippen LogP contribution in [0.4, 0.5) is 0 Å². The monoisotopic (exact) mass is 320 g/mol. The maximum Gasteiger partial charge on any atom is 0.303 e. The van der Waals surface area contributed by atoms with E-state index in [1.165, 1.54) is 40.3 Å². The maximum atomic E-state index is 11.5. The number of ether oxygens (including phenoxy) is 1. The number of carbonyl (C=O) groups is 1. The van der Waals surface area contributed by atoms with Crippen LogP contribution in [0.5, 0.6) is 0 Å². The Morgan fingerprint density at radius 3 is 1.88 bits per heavy atom. The van der Waals surface area contributed by atoms with Gasteiger partial charge in [0.1, 0.15) is 6.10 Å². The molecule has 0 bridgehead atoms. The second kappa shape index (κ2) is 7.04. The van der Waals surface area contributed by atoms with Crippen LogP contribution in [0, 0.1) is 13.8 Å². The van der Waals surface area contributed by atoms with Crippen LogP contribution in [-0.2, 0) is 9.53 Å². The molecule has 1 atom stereocenters. The van der Waals surface area contributed by atoms with E-state index < -0.39 is 0 Å². The molecule has 24 heavy (non-hydrogen) atoms. The molecule has 0 aromatic heterocycles. The van der Waals surface area contributed by atoms with Crippen LogP contribution in [-0.4, -0.2) is 12.1 Å². The Morgan fingerprint density at radius 1 is 0.917 bits per heavy atom. The van der Waals surface area contributed by atoms with E-state index >= 15 is 0 Å². The van der Waals surface area contributed by atoms with Crippen molar-refractivity contribution in [2.24, 2.45) is 0 Å². The summed E-state index contributed by atoms with van der Waals surface area (Å²) in [6.45, 7) is 5.69. The Hall–Kier alpha value is -2.35. The summed E-state index contributed by atoms with van der Waals surface area (Å²) in [7, 11) is 0. The fourth-order valence-electron chi connectivity index (χ4n) is 3.41. The third-order valence-corrected chi connectivity index (χ3v) is 4.61. The van der Waals surface area contributed by atoms with Crippen LogP contribution in [0.25, 0.3) is 5.57 Å². The first-order valence-electron chi connectivity index (χ1n) is 8.59. The zero-order valence-electron chi connectivity index (χ0n) is 14.6. The van der Waals surface area contributed by atoms with Gasteiger partial charge in [0, 0.05) is 6.92 Å². The zero-order valence-corrected chi connectivity index (χ0v) is 14.6. The molecule has 1 aliphatic carbocycles. The van der Waals surface area contributed by atoms with Crippen molar-refractivity contribution in [3.05, 3.63) is 76.4 Å². The highest BCUT2D eigenvalue weighted by Gasteiger charge is 2.27. The lowest BCUT2D eigenvalue weighted by atomic mass is 9.90. The average molecular weight is 320 g/mol. The Kier molecular flexibility index (Phi) is 4.84. The van der Waals surface area contributed by atoms with Crippen LogP contribution in [0.15, 0.2) is 54.1 Å². The normalized spacial score (nSPS) is 17.0. The third-order valence-electron chi connectivity index (χ3n) is 4.61. The van der Waals surface area contributed by atoms with Gasteiger partial charge in [-0.3, -0.25) is 4.79 Å². The van der Waals surface area contributed by atoms with Gasteiger partial charge in [0.05, 0.1) is 0 Å². The average Bonchev–Trinajstić information content (AvgIpc) is 2.98. The number of aryl methyl sites for hydroxylation is 2. The molecule has 3 rings (SSSR count). The molecule has 0 saturated heterocycles. The number of rotatable bonds is 3. The van der Waals surface area contributed by atoms with Gasteiger partial charge in [0.25, 0.3) is 0 Å². The van der Waals surface area contributed by atoms with Crippen LogP contribution < -0.4 is 0 Å². The first kappa shape index (κ1) is 16.5. The molecule has 2 heteroatoms. The molecule has 0 amide bonds. The lowest BCUT2D eigenvalue weighted by molar-refractivity contribution is -0.144. The van der Waals surface area contributed by atoms with Crippen molar-refractivity contribution in [2.45, 2.75) is 46.1 Å². The fraction of sp³-hybridized carbons (Fsp3) is 0.318. The lowest BCUT2D eigenvalue weighted by Gasteiger charge is -2.19. The highest BCUT2D eigenvalue weighted by Crippen LogP contribution is 2.38. The van der Waals surface area contributed by atoms with E-state index in [0.29, 0.717) is 0 Å². The van der Waals surface area contributed by atoms with Crippen molar-refractivity contribution >= 4 is 11.5 Å². The van der Waals surface area contributed by atoms with Gasteiger partial charge in [0.15, 0.2) is 0 Å². The highest BCUT2D eigenvalue weighted by atomic mass is 16.5. The summed E-state index contributed by atoms with van der Waals surface area (Å²) in [4.78, 5) is 11.5. The molecule has 0 radical (unpaired) electrons. The van der Waals surface area contributed by atoms with Crippen molar-refractivity contribution in [2.75, 3.05) is 0 Å². The SMILES string of the molecule is CC(=O)OC1CCCC1=C(c1ccc(C)cc1)c1ccc(C)cc1. The summed E-state index contributed by atoms with van der Waals surface area (Å²) < 4.78 is 5.60. The van der Waals surface area contributed by atoms with E-state index in [-0.39, 0.29) is 12.1 Å². The molecule has 124 valence electrons. The van der Waals surface area contributed by atoms with Crippen molar-refractivity contribution in [3.63, 3.8) is 0 Å². The maximum absolute atomic E-state index is 11.5. The second-order valence-corrected chi connectivity index (χ2v) is 6.62. The van der Waals surface area contributed by atoms with E-state index in [9.17, 15) is 4.79 Å². The van der Waals surface area contributed by atoms with Gasteiger partial charge in [-0.05, 0) is 55.4 Å². The third kappa shape index (κ3) is 3.59. The van der Waals surface area contributed by atoms with Gasteiger partial charge in [0.2, 0.25) is 0 Å². The molecular formula is C22H24O2. The predicted octanol–water partition coefficient (Wildman–Crippen LogP) is 5.22. The van der Waals surface area contributed by atoms with Gasteiger partial charge in [-0.15, -0.1) is 0 Å². The predicted molar refractivity (Wildman–Crippen MR) is 97.8 cm³/mol. The molecule has 2 aromatic carbocycles. The van der Waals surface area contributed by atoms with E-state index in [1.807, 2.05) is 0 Å². The number of hydrogen-bond acceptors (Lipinski definition) is 2. The quantitative estimate of drug-likeness (QED) is 0.725. The first-order valence-corrected chi connectivity index (χ1v) is 8.59. The molecular weight excluding hydrogens is 296 g/mol. The summed E-state index contributed by atoms with van der Waals surface area (Å²) >= 11 is 0. The molecule has 1 fully saturated rings. The van der Waals surface area contributed by atoms with E-state index in [2.05, 4.69) is 62.4 Å². The number of benzene rings is 2. The molecule has 1 aliphatic rings. The summed E-state index contributed by atoms with van der Waals surface area (Å²) in [6, 6.07) is 17.2. The van der Waals surface area contributed by atoms with Crippen LogP contribution in [0.1, 0.15) is 48.4 Å². The van der Waals surface area contributed by atoms with Crippen molar-refractivity contribution in [3.8, 4) is 0 Å². The van der Waals surface area contributed by atoms with E-state index in [0.717, 1.165) is 19.3 Å². The molecule has 2 aromatic rings. The van der Waals surface area contributed by atoms with E-state index in [4.69, 9.17) is 4.74 Å². The standard InChI is InChI=1S/C22H24O2/c1-15-7-11-18(12-8-15)22(19-13-9-16(2)10-14-19)20-5-4-6-21(20)24-17(3)23/h7-14,21H,4-6H2,1-3H3. The van der Waals surface area contributed by atoms with E-state index in [1.54, 1.807) is 0 Å². The molecule has 1 unspecified atom stereocenters. The largest absolute Gasteiger partial charge is 0.458 e. The molecule has 2 nitrogen and oxygen atoms in total. The summed E-state index contributed by atoms with van der Waals surface area (Å²) in [5.74, 6) is -0.202. The molecule has 0 heterocycles. The van der Waals surface area contributed by atoms with Crippen molar-refractivity contribution < 1.29 is 9.53 Å². The summed E-state index contributed by atoms with van der Waals surface area (Å²) in [5, 5.41) is 0. The molecule has 1 saturated carbocycles. The van der Waals surface area contributed by atoms with Gasteiger partial charge in [-0.2, -0.15) is 0 Å². The van der Waals surface area contributed by atoms with Crippen LogP contribution >= 0.6 is 0 Å². The topological polar surface area (TPSA) is 26.3 Å². The summed E-state index contributed by atoms with van der Waals surface area (Å²) in [6.07, 6.45) is 2.86. The minimum Gasteiger partial charge on any atom is -0.458 e. The minimum atomic E-state index is -0.202. The van der Waals surface area contributed by atoms with Crippen LogP contribution in [0.2, 0.25) is 0 Å². The number of esters is 1. The molecule has 0 aliphatic heterocycles. The molecule has 0 N–H and O–H groups in total. The Morgan fingerprint density at radius 2 is 1.42 bits per heavy atom. The van der Waals surface area contributed by atoms with Crippen molar-refractivity contribution in [1.82, 2.24) is 0 Å². The van der Waals surface area contributed by atoms with Gasteiger partial charge >= 0.3 is 5.97 Å². The second-order valence-electron chi connectivity index (χ2n) is 6.62. The Bertz CT molecular complexity index is 704. The minimum absolute atomic E-state index is 0.0971. The Labute approximate surface area is 144 Å². The zero-order chi connectivity index (χ0) is 17.1. The lowest BCUT2D eigenvalue weighted by Crippen LogP contribution is -2.15. The highest BCUT2D eigenvalue weighted by molar-refractivity contribution is 5.83. The number of carbonyl (C=O) groups excluding carboxylic acids is 1. The van der Waals surface area contributed by atoms with Gasteiger partial charge < -0.3 is 4.74 Å². The van der Waals surface area contributed by atoms with Crippen molar-refractivity contribution in [1.29, 1.82) is 0 Å². The molecule has 0 spiro atoms. The summed E-state index contributed by atoms with van der Waals surface area (Å²) in [5.41, 5.74) is 7.35. The fourth-order valence-corrected chi connectivity index (χ4v) is 3.41. The Balaban J connectivity index is 2.13. The van der Waals surface area contributed by atoms with Gasteiger partial charge in [-0.1, -0.05) is 59.7 Å². The van der Waals surface area contributed by atoms with Crippen LogP contribution in [0.3, 0.4) is 0 Å². The number of hydrogen-bond donors (Lipinski definition) is 0. The smallest absolute Gasteiger partial charge is 0.303 e. The van der Waals surface area contributed by atoms with Gasteiger partial charge in [-0.25, -0.2) is 0 Å². The first-order chi connectivity index (χ1) is 11.5.